The zero-order valence-corrected chi connectivity index (χ0v) is 22.6. The summed E-state index contributed by atoms with van der Waals surface area (Å²) in [6.45, 7) is 10.8. The van der Waals surface area contributed by atoms with Crippen LogP contribution < -0.4 is 10.5 Å². The third-order valence-corrected chi connectivity index (χ3v) is 8.06. The molecule has 36 heavy (non-hydrogen) atoms. The predicted octanol–water partition coefficient (Wildman–Crippen LogP) is 3.98. The van der Waals surface area contributed by atoms with Gasteiger partial charge in [-0.25, -0.2) is 0 Å². The van der Waals surface area contributed by atoms with Crippen molar-refractivity contribution in [2.24, 2.45) is 0 Å². The van der Waals surface area contributed by atoms with Gasteiger partial charge in [0.15, 0.2) is 0 Å². The topological polar surface area (TPSA) is 72.6 Å². The predicted molar refractivity (Wildman–Crippen MR) is 150 cm³/mol. The molecule has 0 N–H and O–H groups in total. The lowest BCUT2D eigenvalue weighted by atomic mass is 10.0. The van der Waals surface area contributed by atoms with Gasteiger partial charge in [-0.15, -0.1) is 0 Å². The Balaban J connectivity index is 1.74. The van der Waals surface area contributed by atoms with Gasteiger partial charge in [-0.2, -0.15) is 5.26 Å². The van der Waals surface area contributed by atoms with Crippen LogP contribution in [0.5, 0.6) is 0 Å². The summed E-state index contributed by atoms with van der Waals surface area (Å²) in [5.74, 6) is 0.664. The Morgan fingerprint density at radius 1 is 1.11 bits per heavy atom. The van der Waals surface area contributed by atoms with Crippen LogP contribution >= 0.6 is 24.0 Å². The molecule has 2 aliphatic rings. The van der Waals surface area contributed by atoms with Crippen molar-refractivity contribution in [3.63, 3.8) is 0 Å². The van der Waals surface area contributed by atoms with E-state index in [0.29, 0.717) is 27.9 Å². The second kappa shape index (κ2) is 11.4. The largest absolute Gasteiger partial charge is 0.355 e. The van der Waals surface area contributed by atoms with Crippen molar-refractivity contribution < 1.29 is 4.79 Å². The van der Waals surface area contributed by atoms with E-state index in [1.54, 1.807) is 16.4 Å². The van der Waals surface area contributed by atoms with Crippen molar-refractivity contribution >= 4 is 46.1 Å². The molecule has 7 nitrogen and oxygen atoms in total. The zero-order chi connectivity index (χ0) is 25.8. The maximum atomic E-state index is 13.4. The molecule has 2 saturated heterocycles. The maximum Gasteiger partial charge on any atom is 0.270 e. The average molecular weight is 522 g/mol. The number of carbonyl (C=O) groups excluding carboxylic acids is 1. The number of piperazine rings is 1. The van der Waals surface area contributed by atoms with E-state index < -0.39 is 0 Å². The molecule has 0 saturated carbocycles. The van der Waals surface area contributed by atoms with Gasteiger partial charge in [0.25, 0.3) is 11.5 Å². The molecule has 1 amide bonds. The van der Waals surface area contributed by atoms with Crippen LogP contribution in [0, 0.1) is 18.3 Å². The third-order valence-electron chi connectivity index (χ3n) is 6.68. The number of anilines is 1. The standard InChI is InChI=1S/C27H31N5O2S2/c1-4-11-32-24(30-14-12-29(13-15-30)18-20-9-7-6-8-10-20)21(19(3)22(17-28)25(32)33)16-23-26(34)31(5-2)27(35)36-23/h6-10,16H,4-5,11-15,18H2,1-3H3/b23-16+. The summed E-state index contributed by atoms with van der Waals surface area (Å²) in [6, 6.07) is 12.5. The number of thiocarbonyl (C=S) groups is 1. The van der Waals surface area contributed by atoms with Crippen LogP contribution in [0.1, 0.15) is 42.5 Å². The number of pyridine rings is 1. The molecule has 4 rings (SSSR count). The number of amides is 1. The van der Waals surface area contributed by atoms with Gasteiger partial charge in [0.1, 0.15) is 21.8 Å². The Hall–Kier alpha value is -2.93. The van der Waals surface area contributed by atoms with Crippen LogP contribution in [0.4, 0.5) is 5.82 Å². The van der Waals surface area contributed by atoms with Gasteiger partial charge in [0.05, 0.1) is 4.91 Å². The molecule has 1 aromatic carbocycles. The SMILES string of the molecule is CCCn1c(N2CCN(Cc3ccccc3)CC2)c(/C=C2/SC(=S)N(CC)C2=O)c(C)c(C#N)c1=O. The number of thioether (sulfide) groups is 1. The third kappa shape index (κ3) is 5.12. The lowest BCUT2D eigenvalue weighted by Crippen LogP contribution is -2.48. The van der Waals surface area contributed by atoms with Gasteiger partial charge in [0.2, 0.25) is 0 Å². The average Bonchev–Trinajstić information content (AvgIpc) is 3.15. The van der Waals surface area contributed by atoms with Gasteiger partial charge in [0, 0.05) is 51.4 Å². The number of hydrogen-bond acceptors (Lipinski definition) is 7. The molecule has 0 atom stereocenters. The summed E-state index contributed by atoms with van der Waals surface area (Å²) < 4.78 is 2.26. The van der Waals surface area contributed by atoms with E-state index in [1.165, 1.54) is 17.3 Å². The van der Waals surface area contributed by atoms with Crippen LogP contribution in [-0.4, -0.2) is 57.3 Å². The van der Waals surface area contributed by atoms with Crippen LogP contribution in [-0.2, 0) is 17.9 Å². The monoisotopic (exact) mass is 521 g/mol. The minimum Gasteiger partial charge on any atom is -0.355 e. The van der Waals surface area contributed by atoms with E-state index in [1.807, 2.05) is 26.0 Å². The lowest BCUT2D eigenvalue weighted by molar-refractivity contribution is -0.121. The summed E-state index contributed by atoms with van der Waals surface area (Å²) in [5, 5.41) is 9.82. The number of nitriles is 1. The van der Waals surface area contributed by atoms with Crippen molar-refractivity contribution in [2.45, 2.75) is 40.3 Å². The van der Waals surface area contributed by atoms with E-state index in [9.17, 15) is 14.9 Å². The van der Waals surface area contributed by atoms with E-state index in [4.69, 9.17) is 12.2 Å². The smallest absolute Gasteiger partial charge is 0.270 e. The molecule has 2 aromatic rings. The highest BCUT2D eigenvalue weighted by Crippen LogP contribution is 2.36. The molecule has 188 valence electrons. The van der Waals surface area contributed by atoms with E-state index >= 15 is 0 Å². The Morgan fingerprint density at radius 3 is 2.39 bits per heavy atom. The molecular weight excluding hydrogens is 490 g/mol. The van der Waals surface area contributed by atoms with Crippen LogP contribution in [0.15, 0.2) is 40.0 Å². The van der Waals surface area contributed by atoms with E-state index in [-0.39, 0.29) is 17.0 Å². The first-order chi connectivity index (χ1) is 17.4. The highest BCUT2D eigenvalue weighted by molar-refractivity contribution is 8.26. The van der Waals surface area contributed by atoms with Crippen LogP contribution in [0.2, 0.25) is 0 Å². The fourth-order valence-corrected chi connectivity index (χ4v) is 6.15. The maximum absolute atomic E-state index is 13.4. The number of likely N-dealkylation sites (N-methyl/N-ethyl adjacent to an activating group) is 1. The van der Waals surface area contributed by atoms with Crippen molar-refractivity contribution in [1.82, 2.24) is 14.4 Å². The van der Waals surface area contributed by atoms with Gasteiger partial charge < -0.3 is 4.90 Å². The summed E-state index contributed by atoms with van der Waals surface area (Å²) in [6.07, 6.45) is 2.59. The molecule has 1 aromatic heterocycles. The molecule has 0 bridgehead atoms. The van der Waals surface area contributed by atoms with Crippen molar-refractivity contribution in [3.8, 4) is 6.07 Å². The number of aromatic nitrogens is 1. The Labute approximate surface area is 222 Å². The summed E-state index contributed by atoms with van der Waals surface area (Å²) >= 11 is 6.68. The van der Waals surface area contributed by atoms with Crippen molar-refractivity contribution in [2.75, 3.05) is 37.6 Å². The molecular formula is C27H31N5O2S2. The first kappa shape index (κ1) is 26.1. The first-order valence-corrected chi connectivity index (χ1v) is 13.6. The Bertz CT molecular complexity index is 1290. The van der Waals surface area contributed by atoms with E-state index in [0.717, 1.165) is 50.5 Å². The molecule has 0 spiro atoms. The van der Waals surface area contributed by atoms with Crippen molar-refractivity contribution in [1.29, 1.82) is 5.26 Å². The fraction of sp³-hybridized carbons (Fsp3) is 0.407. The number of nitrogens with zero attached hydrogens (tertiary/aromatic N) is 5. The minimum absolute atomic E-state index is 0.128. The number of rotatable bonds is 7. The second-order valence-electron chi connectivity index (χ2n) is 8.98. The minimum atomic E-state index is -0.267. The summed E-state index contributed by atoms with van der Waals surface area (Å²) in [7, 11) is 0. The Morgan fingerprint density at radius 2 is 1.81 bits per heavy atom. The van der Waals surface area contributed by atoms with Crippen LogP contribution in [0.3, 0.4) is 0 Å². The summed E-state index contributed by atoms with van der Waals surface area (Å²) in [5.41, 5.74) is 2.51. The highest BCUT2D eigenvalue weighted by atomic mass is 32.2. The van der Waals surface area contributed by atoms with Gasteiger partial charge in [-0.3, -0.25) is 24.0 Å². The zero-order valence-electron chi connectivity index (χ0n) is 21.0. The normalized spacial score (nSPS) is 17.8. The van der Waals surface area contributed by atoms with Crippen LogP contribution in [0.25, 0.3) is 6.08 Å². The fourth-order valence-electron chi connectivity index (χ4n) is 4.78. The number of carbonyl (C=O) groups is 1. The molecule has 0 aliphatic carbocycles. The molecule has 3 heterocycles. The van der Waals surface area contributed by atoms with Gasteiger partial charge in [-0.05, 0) is 37.5 Å². The van der Waals surface area contributed by atoms with E-state index in [2.05, 4.69) is 40.1 Å². The highest BCUT2D eigenvalue weighted by Gasteiger charge is 2.32. The van der Waals surface area contributed by atoms with Crippen molar-refractivity contribution in [3.05, 3.63) is 67.8 Å². The van der Waals surface area contributed by atoms with Gasteiger partial charge in [-0.1, -0.05) is 61.2 Å². The quantitative estimate of drug-likeness (QED) is 0.403. The summed E-state index contributed by atoms with van der Waals surface area (Å²) in [4.78, 5) is 33.1. The number of hydrogen-bond donors (Lipinski definition) is 0. The van der Waals surface area contributed by atoms with Gasteiger partial charge >= 0.3 is 0 Å². The second-order valence-corrected chi connectivity index (χ2v) is 10.7. The molecule has 9 heteroatoms. The molecule has 0 radical (unpaired) electrons. The number of benzene rings is 1. The first-order valence-electron chi connectivity index (χ1n) is 12.3. The molecule has 2 fully saturated rings. The molecule has 0 unspecified atom stereocenters. The lowest BCUT2D eigenvalue weighted by Gasteiger charge is -2.38. The molecule has 2 aliphatic heterocycles. The Kier molecular flexibility index (Phi) is 8.29.